The molecule has 0 aliphatic rings. The minimum atomic E-state index is -0.339. The van der Waals surface area contributed by atoms with Crippen LogP contribution in [0.3, 0.4) is 0 Å². The third-order valence-electron chi connectivity index (χ3n) is 3.39. The molecule has 2 aromatic carbocycles. The minimum absolute atomic E-state index is 0.0904. The smallest absolute Gasteiger partial charge is 0.192 e. The van der Waals surface area contributed by atoms with Crippen LogP contribution < -0.4 is 16.2 Å². The molecule has 140 valence electrons. The van der Waals surface area contributed by atoms with Crippen LogP contribution in [-0.4, -0.2) is 43.9 Å². The van der Waals surface area contributed by atoms with Gasteiger partial charge in [0.2, 0.25) is 0 Å². The minimum Gasteiger partial charge on any atom is -0.457 e. The second-order valence-corrected chi connectivity index (χ2v) is 5.02. The maximum atomic E-state index is 8.96. The molecular formula is C16H16N6O5. The Labute approximate surface area is 152 Å². The van der Waals surface area contributed by atoms with Gasteiger partial charge in [-0.3, -0.25) is 0 Å². The summed E-state index contributed by atoms with van der Waals surface area (Å²) >= 11 is 0. The lowest BCUT2D eigenvalue weighted by atomic mass is 10.1. The van der Waals surface area contributed by atoms with Gasteiger partial charge in [0.15, 0.2) is 23.1 Å². The van der Waals surface area contributed by atoms with Crippen LogP contribution in [0.2, 0.25) is 0 Å². The number of nitrogens with two attached hydrogens (primary N) is 2. The summed E-state index contributed by atoms with van der Waals surface area (Å²) in [4.78, 5) is 0. The number of nitrogens with zero attached hydrogens (tertiary/aromatic N) is 4. The van der Waals surface area contributed by atoms with Gasteiger partial charge in [-0.05, 0) is 48.5 Å². The number of oxime groups is 4. The molecule has 0 spiro atoms. The van der Waals surface area contributed by atoms with E-state index in [1.54, 1.807) is 48.5 Å². The van der Waals surface area contributed by atoms with Gasteiger partial charge in [-0.2, -0.15) is 0 Å². The zero-order valence-corrected chi connectivity index (χ0v) is 13.8. The number of ether oxygens (including phenoxy) is 1. The predicted octanol–water partition coefficient (Wildman–Crippen LogP) is 1.33. The van der Waals surface area contributed by atoms with Crippen LogP contribution in [0.4, 0.5) is 0 Å². The molecule has 0 heterocycles. The first-order chi connectivity index (χ1) is 13.0. The van der Waals surface area contributed by atoms with Crippen LogP contribution in [0.1, 0.15) is 11.1 Å². The van der Waals surface area contributed by atoms with Crippen LogP contribution in [-0.2, 0) is 0 Å². The first kappa shape index (κ1) is 19.1. The van der Waals surface area contributed by atoms with Gasteiger partial charge in [-0.1, -0.05) is 20.6 Å². The van der Waals surface area contributed by atoms with Crippen molar-refractivity contribution in [3.8, 4) is 11.5 Å². The van der Waals surface area contributed by atoms with E-state index in [2.05, 4.69) is 20.6 Å². The highest BCUT2D eigenvalue weighted by Crippen LogP contribution is 2.22. The molecule has 2 rings (SSSR count). The lowest BCUT2D eigenvalue weighted by Crippen LogP contribution is -2.24. The Kier molecular flexibility index (Phi) is 6.15. The molecule has 0 bridgehead atoms. The molecule has 0 aliphatic heterocycles. The molecule has 8 N–H and O–H groups in total. The molecule has 27 heavy (non-hydrogen) atoms. The highest BCUT2D eigenvalue weighted by molar-refractivity contribution is 6.47. The van der Waals surface area contributed by atoms with Crippen LogP contribution in [0, 0.1) is 0 Å². The zero-order chi connectivity index (χ0) is 19.8. The second-order valence-electron chi connectivity index (χ2n) is 5.02. The molecule has 11 heteroatoms. The van der Waals surface area contributed by atoms with Gasteiger partial charge < -0.3 is 37.0 Å². The summed E-state index contributed by atoms with van der Waals surface area (Å²) in [5, 5.41) is 46.8. The highest BCUT2D eigenvalue weighted by Gasteiger charge is 2.12. The van der Waals surface area contributed by atoms with Crippen LogP contribution >= 0.6 is 0 Å². The van der Waals surface area contributed by atoms with Crippen molar-refractivity contribution in [2.24, 2.45) is 32.1 Å². The third kappa shape index (κ3) is 4.42. The molecule has 0 unspecified atom stereocenters. The standard InChI is InChI=1S/C16H16N6O5/c17-15(21-25)13(19-23)9-1-5-11(6-2-9)27-12-7-3-10(4-8-12)14(20-24)16(18)22-26/h1-8,23-26H,(H2,17,21)(H2,18,22). The maximum Gasteiger partial charge on any atom is 0.192 e. The fraction of sp³-hybridized carbons (Fsp3) is 0. The normalized spacial score (nSPS) is 13.5. The second kappa shape index (κ2) is 8.71. The predicted molar refractivity (Wildman–Crippen MR) is 96.4 cm³/mol. The number of rotatable bonds is 6. The first-order valence-electron chi connectivity index (χ1n) is 7.32. The van der Waals surface area contributed by atoms with Crippen LogP contribution in [0.25, 0.3) is 0 Å². The highest BCUT2D eigenvalue weighted by atomic mass is 16.5. The Hall–Kier alpha value is -4.28. The van der Waals surface area contributed by atoms with E-state index in [0.29, 0.717) is 22.6 Å². The van der Waals surface area contributed by atoms with E-state index in [-0.39, 0.29) is 23.1 Å². The molecule has 0 fully saturated rings. The maximum absolute atomic E-state index is 8.96. The molecule has 0 saturated carbocycles. The van der Waals surface area contributed by atoms with Crippen molar-refractivity contribution in [3.05, 3.63) is 59.7 Å². The summed E-state index contributed by atoms with van der Waals surface area (Å²) in [6.07, 6.45) is 0. The molecule has 0 aromatic heterocycles. The van der Waals surface area contributed by atoms with E-state index in [9.17, 15) is 0 Å². The molecule has 0 atom stereocenters. The Morgan fingerprint density at radius 2 is 0.926 bits per heavy atom. The van der Waals surface area contributed by atoms with Crippen molar-refractivity contribution in [2.45, 2.75) is 0 Å². The summed E-state index contributed by atoms with van der Waals surface area (Å²) < 4.78 is 5.66. The van der Waals surface area contributed by atoms with E-state index in [1.165, 1.54) is 0 Å². The average Bonchev–Trinajstić information content (AvgIpc) is 2.71. The SMILES string of the molecule is NC(=NO)C(=NO)c1ccc(Oc2ccc(C(=NO)C(N)=NO)cc2)cc1. The number of hydrogen-bond donors (Lipinski definition) is 6. The van der Waals surface area contributed by atoms with Crippen molar-refractivity contribution in [3.63, 3.8) is 0 Å². The average molecular weight is 372 g/mol. The summed E-state index contributed by atoms with van der Waals surface area (Å²) in [6.45, 7) is 0. The van der Waals surface area contributed by atoms with Crippen LogP contribution in [0.5, 0.6) is 11.5 Å². The van der Waals surface area contributed by atoms with Crippen molar-refractivity contribution < 1.29 is 25.6 Å². The lowest BCUT2D eigenvalue weighted by molar-refractivity contribution is 0.314. The van der Waals surface area contributed by atoms with Gasteiger partial charge in [0, 0.05) is 11.1 Å². The Morgan fingerprint density at radius 1 is 0.593 bits per heavy atom. The van der Waals surface area contributed by atoms with Gasteiger partial charge in [-0.15, -0.1) is 0 Å². The largest absolute Gasteiger partial charge is 0.457 e. The van der Waals surface area contributed by atoms with E-state index >= 15 is 0 Å². The van der Waals surface area contributed by atoms with Gasteiger partial charge in [-0.25, -0.2) is 0 Å². The van der Waals surface area contributed by atoms with E-state index in [0.717, 1.165) is 0 Å². The van der Waals surface area contributed by atoms with Gasteiger partial charge >= 0.3 is 0 Å². The quantitative estimate of drug-likeness (QED) is 0.190. The fourth-order valence-electron chi connectivity index (χ4n) is 2.11. The molecule has 0 amide bonds. The van der Waals surface area contributed by atoms with E-state index in [1.807, 2.05) is 0 Å². The lowest BCUT2D eigenvalue weighted by Gasteiger charge is -2.08. The number of amidine groups is 2. The topological polar surface area (TPSA) is 192 Å². The van der Waals surface area contributed by atoms with Crippen LogP contribution in [0.15, 0.2) is 69.2 Å². The number of benzene rings is 2. The van der Waals surface area contributed by atoms with Crippen molar-refractivity contribution in [1.29, 1.82) is 0 Å². The van der Waals surface area contributed by atoms with Crippen molar-refractivity contribution >= 4 is 23.1 Å². The summed E-state index contributed by atoms with van der Waals surface area (Å²) in [6, 6.07) is 12.6. The first-order valence-corrected chi connectivity index (χ1v) is 7.32. The third-order valence-corrected chi connectivity index (χ3v) is 3.39. The van der Waals surface area contributed by atoms with Gasteiger partial charge in [0.25, 0.3) is 0 Å². The Morgan fingerprint density at radius 3 is 1.19 bits per heavy atom. The molecule has 2 aromatic rings. The summed E-state index contributed by atoms with van der Waals surface area (Å²) in [5.41, 5.74) is 11.5. The Balaban J connectivity index is 2.16. The summed E-state index contributed by atoms with van der Waals surface area (Å²) in [7, 11) is 0. The van der Waals surface area contributed by atoms with E-state index in [4.69, 9.17) is 37.0 Å². The zero-order valence-electron chi connectivity index (χ0n) is 13.8. The molecule has 11 nitrogen and oxygen atoms in total. The summed E-state index contributed by atoms with van der Waals surface area (Å²) in [5.74, 6) is 0.258. The van der Waals surface area contributed by atoms with Crippen molar-refractivity contribution in [1.82, 2.24) is 0 Å². The van der Waals surface area contributed by atoms with Crippen molar-refractivity contribution in [2.75, 3.05) is 0 Å². The molecule has 0 radical (unpaired) electrons. The molecule has 0 aliphatic carbocycles. The fourth-order valence-corrected chi connectivity index (χ4v) is 2.11. The number of hydrogen-bond acceptors (Lipinski definition) is 9. The van der Waals surface area contributed by atoms with E-state index < -0.39 is 0 Å². The van der Waals surface area contributed by atoms with Gasteiger partial charge in [0.05, 0.1) is 0 Å². The molecule has 0 saturated heterocycles. The molecular weight excluding hydrogens is 356 g/mol. The Bertz CT molecular complexity index is 828. The monoisotopic (exact) mass is 372 g/mol. The van der Waals surface area contributed by atoms with Gasteiger partial charge in [0.1, 0.15) is 11.5 Å².